The van der Waals surface area contributed by atoms with Crippen LogP contribution in [-0.4, -0.2) is 42.4 Å². The molecule has 134 valence electrons. The standard InChI is InChI=1S/C17H17BrF3N3O/c18-14-9-13(10-23-11-14)16(24-7-5-22-6-8-24)12-1-3-15(4-2-12)25-17(19,20)21/h1-4,9-11,16,22H,5-8H2/t16-/m1/s1. The first kappa shape index (κ1) is 18.2. The van der Waals surface area contributed by atoms with Crippen molar-refractivity contribution in [2.24, 2.45) is 0 Å². The zero-order valence-corrected chi connectivity index (χ0v) is 14.8. The number of pyridine rings is 1. The van der Waals surface area contributed by atoms with Crippen LogP contribution in [-0.2, 0) is 0 Å². The molecular formula is C17H17BrF3N3O. The van der Waals surface area contributed by atoms with Crippen molar-refractivity contribution in [3.8, 4) is 5.75 Å². The van der Waals surface area contributed by atoms with Crippen molar-refractivity contribution in [2.45, 2.75) is 12.4 Å². The van der Waals surface area contributed by atoms with Gasteiger partial charge in [0.05, 0.1) is 6.04 Å². The number of nitrogens with zero attached hydrogens (tertiary/aromatic N) is 2. The Balaban J connectivity index is 1.91. The third-order valence-electron chi connectivity index (χ3n) is 3.99. The van der Waals surface area contributed by atoms with Crippen LogP contribution in [0, 0.1) is 0 Å². The summed E-state index contributed by atoms with van der Waals surface area (Å²) < 4.78 is 41.9. The third-order valence-corrected chi connectivity index (χ3v) is 4.42. The van der Waals surface area contributed by atoms with Gasteiger partial charge in [-0.3, -0.25) is 9.88 Å². The molecule has 0 spiro atoms. The molecule has 0 amide bonds. The molecule has 1 N–H and O–H groups in total. The Hall–Kier alpha value is -1.64. The van der Waals surface area contributed by atoms with E-state index in [1.54, 1.807) is 24.5 Å². The van der Waals surface area contributed by atoms with Crippen LogP contribution >= 0.6 is 15.9 Å². The van der Waals surface area contributed by atoms with Crippen LogP contribution in [0.3, 0.4) is 0 Å². The molecule has 8 heteroatoms. The summed E-state index contributed by atoms with van der Waals surface area (Å²) in [7, 11) is 0. The van der Waals surface area contributed by atoms with Gasteiger partial charge in [-0.25, -0.2) is 0 Å². The summed E-state index contributed by atoms with van der Waals surface area (Å²) in [6.07, 6.45) is -1.19. The first-order valence-corrected chi connectivity index (χ1v) is 8.62. The molecule has 3 rings (SSSR count). The Labute approximate surface area is 152 Å². The highest BCUT2D eigenvalue weighted by molar-refractivity contribution is 9.10. The van der Waals surface area contributed by atoms with Crippen molar-refractivity contribution >= 4 is 15.9 Å². The molecular weight excluding hydrogens is 399 g/mol. The van der Waals surface area contributed by atoms with Crippen LogP contribution in [0.4, 0.5) is 13.2 Å². The molecule has 0 unspecified atom stereocenters. The lowest BCUT2D eigenvalue weighted by molar-refractivity contribution is -0.274. The predicted octanol–water partition coefficient (Wildman–Crippen LogP) is 3.74. The minimum absolute atomic E-state index is 0.0768. The van der Waals surface area contributed by atoms with E-state index < -0.39 is 6.36 Å². The van der Waals surface area contributed by atoms with Crippen molar-refractivity contribution in [1.82, 2.24) is 15.2 Å². The average Bonchev–Trinajstić information content (AvgIpc) is 2.56. The number of rotatable bonds is 4. The van der Waals surface area contributed by atoms with Gasteiger partial charge >= 0.3 is 6.36 Å². The SMILES string of the molecule is FC(F)(F)Oc1ccc([C@H](c2cncc(Br)c2)N2CCNCC2)cc1. The second-order valence-corrected chi connectivity index (χ2v) is 6.66. The number of hydrogen-bond donors (Lipinski definition) is 1. The van der Waals surface area contributed by atoms with Crippen LogP contribution in [0.2, 0.25) is 0 Å². The van der Waals surface area contributed by atoms with Crippen LogP contribution in [0.1, 0.15) is 17.2 Å². The lowest BCUT2D eigenvalue weighted by Crippen LogP contribution is -2.45. The molecule has 1 saturated heterocycles. The minimum atomic E-state index is -4.69. The van der Waals surface area contributed by atoms with Gasteiger partial charge in [0.2, 0.25) is 0 Å². The molecule has 25 heavy (non-hydrogen) atoms. The van der Waals surface area contributed by atoms with Gasteiger partial charge in [-0.1, -0.05) is 12.1 Å². The van der Waals surface area contributed by atoms with Gasteiger partial charge in [0.1, 0.15) is 5.75 Å². The summed E-state index contributed by atoms with van der Waals surface area (Å²) in [5.41, 5.74) is 1.89. The maximum absolute atomic E-state index is 12.3. The summed E-state index contributed by atoms with van der Waals surface area (Å²) in [6, 6.07) is 7.96. The van der Waals surface area contributed by atoms with E-state index >= 15 is 0 Å². The Morgan fingerprint density at radius 3 is 2.36 bits per heavy atom. The number of aromatic nitrogens is 1. The van der Waals surface area contributed by atoms with Crippen LogP contribution in [0.25, 0.3) is 0 Å². The molecule has 1 aromatic heterocycles. The Morgan fingerprint density at radius 2 is 1.76 bits per heavy atom. The minimum Gasteiger partial charge on any atom is -0.406 e. The van der Waals surface area contributed by atoms with Crippen LogP contribution < -0.4 is 10.1 Å². The highest BCUT2D eigenvalue weighted by Gasteiger charge is 2.31. The van der Waals surface area contributed by atoms with Gasteiger partial charge in [-0.05, 0) is 45.3 Å². The number of hydrogen-bond acceptors (Lipinski definition) is 4. The monoisotopic (exact) mass is 415 g/mol. The zero-order valence-electron chi connectivity index (χ0n) is 13.3. The zero-order chi connectivity index (χ0) is 17.9. The Morgan fingerprint density at radius 1 is 1.08 bits per heavy atom. The number of ether oxygens (including phenoxy) is 1. The van der Waals surface area contributed by atoms with Crippen molar-refractivity contribution in [3.63, 3.8) is 0 Å². The molecule has 0 saturated carbocycles. The lowest BCUT2D eigenvalue weighted by Gasteiger charge is -2.35. The van der Waals surface area contributed by atoms with Crippen LogP contribution in [0.15, 0.2) is 47.2 Å². The molecule has 0 aliphatic carbocycles. The number of benzene rings is 1. The van der Waals surface area contributed by atoms with Gasteiger partial charge in [-0.15, -0.1) is 13.2 Å². The molecule has 1 aliphatic heterocycles. The fraction of sp³-hybridized carbons (Fsp3) is 0.353. The highest BCUT2D eigenvalue weighted by Crippen LogP contribution is 2.32. The average molecular weight is 416 g/mol. The summed E-state index contributed by atoms with van der Waals surface area (Å²) >= 11 is 3.43. The summed E-state index contributed by atoms with van der Waals surface area (Å²) in [5.74, 6) is -0.220. The highest BCUT2D eigenvalue weighted by atomic mass is 79.9. The van der Waals surface area contributed by atoms with Gasteiger partial charge in [0.15, 0.2) is 0 Å². The normalized spacial score (nSPS) is 17.3. The summed E-state index contributed by atoms with van der Waals surface area (Å²) in [5, 5.41) is 3.31. The van der Waals surface area contributed by atoms with E-state index in [-0.39, 0.29) is 11.8 Å². The Kier molecular flexibility index (Phi) is 5.61. The van der Waals surface area contributed by atoms with Crippen molar-refractivity contribution in [1.29, 1.82) is 0 Å². The van der Waals surface area contributed by atoms with E-state index in [9.17, 15) is 13.2 Å². The number of alkyl halides is 3. The fourth-order valence-electron chi connectivity index (χ4n) is 2.98. The molecule has 4 nitrogen and oxygen atoms in total. The molecule has 0 bridgehead atoms. The fourth-order valence-corrected chi connectivity index (χ4v) is 3.37. The quantitative estimate of drug-likeness (QED) is 0.825. The van der Waals surface area contributed by atoms with E-state index in [1.807, 2.05) is 6.07 Å². The van der Waals surface area contributed by atoms with E-state index in [1.165, 1.54) is 12.1 Å². The van der Waals surface area contributed by atoms with Gasteiger partial charge in [0.25, 0.3) is 0 Å². The maximum Gasteiger partial charge on any atom is 0.573 e. The van der Waals surface area contributed by atoms with E-state index in [0.29, 0.717) is 0 Å². The van der Waals surface area contributed by atoms with Crippen LogP contribution in [0.5, 0.6) is 5.75 Å². The van der Waals surface area contributed by atoms with E-state index in [2.05, 4.69) is 35.9 Å². The molecule has 1 aliphatic rings. The number of nitrogens with one attached hydrogen (secondary N) is 1. The van der Waals surface area contributed by atoms with E-state index in [0.717, 1.165) is 41.8 Å². The first-order valence-electron chi connectivity index (χ1n) is 7.83. The van der Waals surface area contributed by atoms with Gasteiger partial charge < -0.3 is 10.1 Å². The lowest BCUT2D eigenvalue weighted by atomic mass is 9.97. The largest absolute Gasteiger partial charge is 0.573 e. The first-order chi connectivity index (χ1) is 11.9. The van der Waals surface area contributed by atoms with Crippen molar-refractivity contribution in [2.75, 3.05) is 26.2 Å². The number of halogens is 4. The second-order valence-electron chi connectivity index (χ2n) is 5.74. The molecule has 2 heterocycles. The molecule has 2 aromatic rings. The molecule has 1 atom stereocenters. The predicted molar refractivity (Wildman–Crippen MR) is 91.3 cm³/mol. The van der Waals surface area contributed by atoms with Gasteiger partial charge in [0, 0.05) is 43.0 Å². The van der Waals surface area contributed by atoms with Crippen molar-refractivity contribution in [3.05, 3.63) is 58.3 Å². The second kappa shape index (κ2) is 7.72. The maximum atomic E-state index is 12.3. The summed E-state index contributed by atoms with van der Waals surface area (Å²) in [4.78, 5) is 6.52. The number of piperazine rings is 1. The van der Waals surface area contributed by atoms with Crippen molar-refractivity contribution < 1.29 is 17.9 Å². The third kappa shape index (κ3) is 4.93. The Bertz CT molecular complexity index is 703. The smallest absolute Gasteiger partial charge is 0.406 e. The topological polar surface area (TPSA) is 37.4 Å². The van der Waals surface area contributed by atoms with Gasteiger partial charge in [-0.2, -0.15) is 0 Å². The molecule has 1 fully saturated rings. The summed E-state index contributed by atoms with van der Waals surface area (Å²) in [6.45, 7) is 3.43. The van der Waals surface area contributed by atoms with E-state index in [4.69, 9.17) is 0 Å². The molecule has 1 aromatic carbocycles. The molecule has 0 radical (unpaired) electrons.